The quantitative estimate of drug-likeness (QED) is 0.844. The van der Waals surface area contributed by atoms with Gasteiger partial charge in [-0.15, -0.1) is 0 Å². The molecule has 1 aliphatic rings. The molecule has 4 heteroatoms. The highest BCUT2D eigenvalue weighted by Gasteiger charge is 2.45. The van der Waals surface area contributed by atoms with Gasteiger partial charge >= 0.3 is 0 Å². The molecule has 0 spiro atoms. The molecule has 1 aliphatic heterocycles. The van der Waals surface area contributed by atoms with Crippen LogP contribution >= 0.6 is 0 Å². The van der Waals surface area contributed by atoms with Crippen LogP contribution in [-0.4, -0.2) is 30.4 Å². The fourth-order valence-electron chi connectivity index (χ4n) is 3.04. The average Bonchev–Trinajstić information content (AvgIpc) is 2.98. The van der Waals surface area contributed by atoms with E-state index in [1.165, 1.54) is 0 Å². The third kappa shape index (κ3) is 3.25. The first kappa shape index (κ1) is 15.5. The van der Waals surface area contributed by atoms with E-state index in [4.69, 9.17) is 5.26 Å². The van der Waals surface area contributed by atoms with Crippen LogP contribution in [0.4, 0.5) is 0 Å². The lowest BCUT2D eigenvalue weighted by Crippen LogP contribution is -2.48. The number of hydrogen-bond donors (Lipinski definition) is 1. The van der Waals surface area contributed by atoms with Crippen molar-refractivity contribution in [2.75, 3.05) is 19.6 Å². The number of nitrogens with zero attached hydrogens (tertiary/aromatic N) is 2. The highest BCUT2D eigenvalue weighted by molar-refractivity contribution is 5.84. The molecule has 0 aliphatic carbocycles. The molecule has 0 radical (unpaired) electrons. The van der Waals surface area contributed by atoms with Crippen LogP contribution in [0, 0.1) is 22.7 Å². The lowest BCUT2D eigenvalue weighted by Gasteiger charge is -2.36. The molecule has 1 saturated heterocycles. The molecule has 1 fully saturated rings. The van der Waals surface area contributed by atoms with Crippen molar-refractivity contribution < 1.29 is 4.79 Å². The molecule has 1 amide bonds. The second kappa shape index (κ2) is 6.73. The summed E-state index contributed by atoms with van der Waals surface area (Å²) >= 11 is 0. The maximum Gasteiger partial charge on any atom is 0.231 e. The normalized spacial score (nSPS) is 21.2. The predicted octanol–water partition coefficient (Wildman–Crippen LogP) is 2.17. The molecule has 1 unspecified atom stereocenters. The fraction of sp³-hybridized carbons (Fsp3) is 0.529. The van der Waals surface area contributed by atoms with Gasteiger partial charge in [0.1, 0.15) is 6.54 Å². The van der Waals surface area contributed by atoms with Crippen molar-refractivity contribution >= 4 is 5.91 Å². The van der Waals surface area contributed by atoms with Crippen molar-refractivity contribution in [1.29, 1.82) is 5.26 Å². The van der Waals surface area contributed by atoms with Gasteiger partial charge in [-0.3, -0.25) is 4.79 Å². The summed E-state index contributed by atoms with van der Waals surface area (Å²) in [4.78, 5) is 14.7. The summed E-state index contributed by atoms with van der Waals surface area (Å²) in [5.41, 5.74) is 0.692. The van der Waals surface area contributed by atoms with Gasteiger partial charge in [-0.25, -0.2) is 0 Å². The van der Waals surface area contributed by atoms with Crippen LogP contribution in [0.2, 0.25) is 0 Å². The van der Waals surface area contributed by atoms with Crippen LogP contribution in [0.3, 0.4) is 0 Å². The summed E-state index contributed by atoms with van der Waals surface area (Å²) in [5, 5.41) is 12.4. The Morgan fingerprint density at radius 1 is 1.43 bits per heavy atom. The Balaban J connectivity index is 2.21. The molecular weight excluding hydrogens is 262 g/mol. The molecule has 1 aromatic rings. The SMILES string of the molecule is CC(C)C1(C(=O)N(CC#N)Cc2ccccc2)CCNC1. The van der Waals surface area contributed by atoms with E-state index in [1.807, 2.05) is 30.3 Å². The molecule has 1 atom stereocenters. The van der Waals surface area contributed by atoms with Gasteiger partial charge in [0, 0.05) is 13.1 Å². The first-order chi connectivity index (χ1) is 10.1. The number of rotatable bonds is 5. The molecule has 1 N–H and O–H groups in total. The second-order valence-corrected chi connectivity index (χ2v) is 6.04. The van der Waals surface area contributed by atoms with E-state index < -0.39 is 0 Å². The lowest BCUT2D eigenvalue weighted by molar-refractivity contribution is -0.143. The molecule has 112 valence electrons. The van der Waals surface area contributed by atoms with E-state index in [0.717, 1.165) is 18.5 Å². The Morgan fingerprint density at radius 3 is 2.67 bits per heavy atom. The van der Waals surface area contributed by atoms with Crippen LogP contribution in [0.5, 0.6) is 0 Å². The molecule has 21 heavy (non-hydrogen) atoms. The zero-order valence-electron chi connectivity index (χ0n) is 12.8. The number of hydrogen-bond acceptors (Lipinski definition) is 3. The molecule has 1 aromatic carbocycles. The molecular formula is C17H23N3O. The van der Waals surface area contributed by atoms with Crippen molar-refractivity contribution in [3.8, 4) is 6.07 Å². The highest BCUT2D eigenvalue weighted by Crippen LogP contribution is 2.36. The number of nitriles is 1. The summed E-state index contributed by atoms with van der Waals surface area (Å²) in [5.74, 6) is 0.366. The number of amides is 1. The van der Waals surface area contributed by atoms with Crippen molar-refractivity contribution in [3.05, 3.63) is 35.9 Å². The summed E-state index contributed by atoms with van der Waals surface area (Å²) in [6.45, 7) is 6.41. The summed E-state index contributed by atoms with van der Waals surface area (Å²) in [6.07, 6.45) is 0.847. The smallest absolute Gasteiger partial charge is 0.231 e. The molecule has 0 aromatic heterocycles. The summed E-state index contributed by atoms with van der Waals surface area (Å²) in [6, 6.07) is 12.0. The number of carbonyl (C=O) groups is 1. The summed E-state index contributed by atoms with van der Waals surface area (Å²) < 4.78 is 0. The van der Waals surface area contributed by atoms with Crippen LogP contribution in [-0.2, 0) is 11.3 Å². The standard InChI is InChI=1S/C17H23N3O/c1-14(2)17(8-10-19-13-17)16(21)20(11-9-18)12-15-6-4-3-5-7-15/h3-7,14,19H,8,10-13H2,1-2H3. The van der Waals surface area contributed by atoms with Gasteiger partial charge in [-0.1, -0.05) is 44.2 Å². The highest BCUT2D eigenvalue weighted by atomic mass is 16.2. The van der Waals surface area contributed by atoms with Crippen LogP contribution < -0.4 is 5.32 Å². The van der Waals surface area contributed by atoms with E-state index in [2.05, 4.69) is 25.2 Å². The van der Waals surface area contributed by atoms with E-state index in [0.29, 0.717) is 13.1 Å². The molecule has 4 nitrogen and oxygen atoms in total. The summed E-state index contributed by atoms with van der Waals surface area (Å²) in [7, 11) is 0. The zero-order valence-corrected chi connectivity index (χ0v) is 12.8. The largest absolute Gasteiger partial charge is 0.325 e. The van der Waals surface area contributed by atoms with Gasteiger partial charge in [0.2, 0.25) is 5.91 Å². The maximum atomic E-state index is 13.0. The first-order valence-electron chi connectivity index (χ1n) is 7.51. The van der Waals surface area contributed by atoms with Gasteiger partial charge in [0.05, 0.1) is 11.5 Å². The minimum absolute atomic E-state index is 0.105. The molecule has 0 saturated carbocycles. The van der Waals surface area contributed by atoms with E-state index in [9.17, 15) is 4.79 Å². The molecule has 2 rings (SSSR count). The Labute approximate surface area is 126 Å². The Morgan fingerprint density at radius 2 is 2.14 bits per heavy atom. The van der Waals surface area contributed by atoms with Gasteiger partial charge in [0.15, 0.2) is 0 Å². The topological polar surface area (TPSA) is 56.1 Å². The van der Waals surface area contributed by atoms with Gasteiger partial charge in [-0.05, 0) is 24.4 Å². The minimum atomic E-state index is -0.369. The van der Waals surface area contributed by atoms with Gasteiger partial charge in [0.25, 0.3) is 0 Å². The van der Waals surface area contributed by atoms with Gasteiger partial charge in [-0.2, -0.15) is 5.26 Å². The van der Waals surface area contributed by atoms with Crippen LogP contribution in [0.25, 0.3) is 0 Å². The fourth-order valence-corrected chi connectivity index (χ4v) is 3.04. The third-order valence-electron chi connectivity index (χ3n) is 4.48. The van der Waals surface area contributed by atoms with Crippen molar-refractivity contribution in [2.24, 2.45) is 11.3 Å². The molecule has 1 heterocycles. The first-order valence-corrected chi connectivity index (χ1v) is 7.51. The van der Waals surface area contributed by atoms with Crippen LogP contribution in [0.1, 0.15) is 25.8 Å². The predicted molar refractivity (Wildman–Crippen MR) is 82.2 cm³/mol. The van der Waals surface area contributed by atoms with E-state index >= 15 is 0 Å². The molecule has 0 bridgehead atoms. The minimum Gasteiger partial charge on any atom is -0.325 e. The van der Waals surface area contributed by atoms with Crippen molar-refractivity contribution in [2.45, 2.75) is 26.8 Å². The average molecular weight is 285 g/mol. The number of carbonyl (C=O) groups excluding carboxylic acids is 1. The second-order valence-electron chi connectivity index (χ2n) is 6.04. The van der Waals surface area contributed by atoms with Crippen LogP contribution in [0.15, 0.2) is 30.3 Å². The Kier molecular flexibility index (Phi) is 4.98. The van der Waals surface area contributed by atoms with Gasteiger partial charge < -0.3 is 10.2 Å². The maximum absolute atomic E-state index is 13.0. The monoisotopic (exact) mass is 285 g/mol. The third-order valence-corrected chi connectivity index (χ3v) is 4.48. The number of benzene rings is 1. The Hall–Kier alpha value is -1.86. The lowest BCUT2D eigenvalue weighted by atomic mass is 9.75. The van der Waals surface area contributed by atoms with Crippen molar-refractivity contribution in [1.82, 2.24) is 10.2 Å². The van der Waals surface area contributed by atoms with Crippen molar-refractivity contribution in [3.63, 3.8) is 0 Å². The van der Waals surface area contributed by atoms with E-state index in [-0.39, 0.29) is 23.8 Å². The number of nitrogens with one attached hydrogen (secondary N) is 1. The Bertz CT molecular complexity index is 513. The van der Waals surface area contributed by atoms with E-state index in [1.54, 1.807) is 4.90 Å². The zero-order chi connectivity index (χ0) is 15.3.